The molecule has 0 radical (unpaired) electrons. The van der Waals surface area contributed by atoms with Gasteiger partial charge in [0.1, 0.15) is 6.04 Å². The van der Waals surface area contributed by atoms with E-state index >= 15 is 0 Å². The molecule has 2 rings (SSSR count). The molecule has 0 fully saturated rings. The maximum Gasteiger partial charge on any atom is 0.244 e. The number of carbonyl (C=O) groups excluding carboxylic acids is 1. The van der Waals surface area contributed by atoms with Gasteiger partial charge in [-0.3, -0.25) is 9.78 Å². The molecule has 0 aliphatic heterocycles. The van der Waals surface area contributed by atoms with E-state index in [-0.39, 0.29) is 0 Å². The molecule has 19 heavy (non-hydrogen) atoms. The minimum Gasteiger partial charge on any atom is -0.369 e. The van der Waals surface area contributed by atoms with Crippen molar-refractivity contribution in [3.05, 3.63) is 58.3 Å². The maximum absolute atomic E-state index is 11.7. The molecule has 0 aliphatic rings. The number of amides is 1. The van der Waals surface area contributed by atoms with Gasteiger partial charge < -0.3 is 11.1 Å². The Morgan fingerprint density at radius 2 is 2.11 bits per heavy atom. The van der Waals surface area contributed by atoms with Crippen LogP contribution in [-0.4, -0.2) is 10.9 Å². The summed E-state index contributed by atoms with van der Waals surface area (Å²) in [4.78, 5) is 15.7. The summed E-state index contributed by atoms with van der Waals surface area (Å²) in [5, 5.41) is 3.11. The van der Waals surface area contributed by atoms with Crippen molar-refractivity contribution in [3.63, 3.8) is 0 Å². The first kappa shape index (κ1) is 13.5. The number of halogens is 1. The Labute approximate surface area is 120 Å². The van der Waals surface area contributed by atoms with Gasteiger partial charge in [0.05, 0.1) is 11.9 Å². The highest BCUT2D eigenvalue weighted by Gasteiger charge is 2.19. The van der Waals surface area contributed by atoms with Gasteiger partial charge in [-0.1, -0.05) is 24.3 Å². The van der Waals surface area contributed by atoms with Crippen molar-refractivity contribution in [2.75, 3.05) is 5.32 Å². The summed E-state index contributed by atoms with van der Waals surface area (Å²) in [5.74, 6) is -0.422. The van der Waals surface area contributed by atoms with E-state index in [9.17, 15) is 4.79 Å². The monoisotopic (exact) mass is 319 g/mol. The molecule has 98 valence electrons. The van der Waals surface area contributed by atoms with Crippen LogP contribution in [0.5, 0.6) is 0 Å². The molecule has 4 nitrogen and oxygen atoms in total. The highest BCUT2D eigenvalue weighted by molar-refractivity contribution is 9.10. The lowest BCUT2D eigenvalue weighted by molar-refractivity contribution is -0.118. The van der Waals surface area contributed by atoms with E-state index < -0.39 is 11.9 Å². The first-order valence-corrected chi connectivity index (χ1v) is 6.59. The van der Waals surface area contributed by atoms with Crippen molar-refractivity contribution in [2.24, 2.45) is 5.73 Å². The lowest BCUT2D eigenvalue weighted by Crippen LogP contribution is -2.28. The second kappa shape index (κ2) is 5.84. The van der Waals surface area contributed by atoms with Gasteiger partial charge in [0, 0.05) is 10.7 Å². The maximum atomic E-state index is 11.7. The Morgan fingerprint density at radius 3 is 2.74 bits per heavy atom. The molecule has 0 saturated heterocycles. The number of pyridine rings is 1. The van der Waals surface area contributed by atoms with Gasteiger partial charge in [-0.15, -0.1) is 0 Å². The zero-order valence-corrected chi connectivity index (χ0v) is 12.0. The molecular formula is C14H14BrN3O. The number of anilines is 1. The second-order valence-corrected chi connectivity index (χ2v) is 5.14. The molecule has 1 aromatic carbocycles. The number of benzene rings is 1. The SMILES string of the molecule is Cc1ccccc1[C@H](Nc1cncc(Br)c1)C(N)=O. The molecule has 2 aromatic rings. The summed E-state index contributed by atoms with van der Waals surface area (Å²) in [6.45, 7) is 1.95. The van der Waals surface area contributed by atoms with Crippen molar-refractivity contribution in [1.29, 1.82) is 0 Å². The number of aromatic nitrogens is 1. The van der Waals surface area contributed by atoms with E-state index in [0.29, 0.717) is 0 Å². The van der Waals surface area contributed by atoms with Gasteiger partial charge in [-0.2, -0.15) is 0 Å². The van der Waals surface area contributed by atoms with Crippen LogP contribution in [-0.2, 0) is 4.79 Å². The standard InChI is InChI=1S/C14H14BrN3O/c1-9-4-2-3-5-12(9)13(14(16)19)18-11-6-10(15)7-17-8-11/h2-8,13,18H,1H3,(H2,16,19)/t13-/m0/s1. The Morgan fingerprint density at radius 1 is 1.37 bits per heavy atom. The van der Waals surface area contributed by atoms with Gasteiger partial charge in [0.15, 0.2) is 0 Å². The first-order valence-electron chi connectivity index (χ1n) is 5.80. The van der Waals surface area contributed by atoms with Gasteiger partial charge >= 0.3 is 0 Å². The minimum absolute atomic E-state index is 0.422. The number of aryl methyl sites for hydroxylation is 1. The predicted octanol–water partition coefficient (Wildman–Crippen LogP) is 2.79. The highest BCUT2D eigenvalue weighted by atomic mass is 79.9. The number of nitrogens with two attached hydrogens (primary N) is 1. The normalized spacial score (nSPS) is 11.9. The van der Waals surface area contributed by atoms with Crippen molar-refractivity contribution in [2.45, 2.75) is 13.0 Å². The van der Waals surface area contributed by atoms with Gasteiger partial charge in [-0.25, -0.2) is 0 Å². The molecule has 1 atom stereocenters. The zero-order valence-electron chi connectivity index (χ0n) is 10.4. The molecule has 1 heterocycles. The fraction of sp³-hybridized carbons (Fsp3) is 0.143. The summed E-state index contributed by atoms with van der Waals surface area (Å²) < 4.78 is 0.838. The van der Waals surface area contributed by atoms with Crippen LogP contribution in [0.4, 0.5) is 5.69 Å². The number of primary amides is 1. The zero-order chi connectivity index (χ0) is 13.8. The average molecular weight is 320 g/mol. The topological polar surface area (TPSA) is 68.0 Å². The Balaban J connectivity index is 2.32. The number of nitrogens with zero attached hydrogens (tertiary/aromatic N) is 1. The van der Waals surface area contributed by atoms with E-state index in [1.54, 1.807) is 12.4 Å². The first-order chi connectivity index (χ1) is 9.08. The third-order valence-corrected chi connectivity index (χ3v) is 3.23. The highest BCUT2D eigenvalue weighted by Crippen LogP contribution is 2.23. The fourth-order valence-electron chi connectivity index (χ4n) is 1.87. The molecule has 0 saturated carbocycles. The lowest BCUT2D eigenvalue weighted by atomic mass is 10.0. The quantitative estimate of drug-likeness (QED) is 0.910. The molecule has 0 unspecified atom stereocenters. The van der Waals surface area contributed by atoms with E-state index in [0.717, 1.165) is 21.3 Å². The largest absolute Gasteiger partial charge is 0.369 e. The summed E-state index contributed by atoms with van der Waals surface area (Å²) in [7, 11) is 0. The van der Waals surface area contributed by atoms with Crippen LogP contribution < -0.4 is 11.1 Å². The molecule has 0 aliphatic carbocycles. The van der Waals surface area contributed by atoms with Crippen LogP contribution >= 0.6 is 15.9 Å². The van der Waals surface area contributed by atoms with Gasteiger partial charge in [0.25, 0.3) is 0 Å². The van der Waals surface area contributed by atoms with Crippen molar-refractivity contribution in [1.82, 2.24) is 4.98 Å². The van der Waals surface area contributed by atoms with E-state index in [2.05, 4.69) is 26.2 Å². The van der Waals surface area contributed by atoms with Crippen LogP contribution in [0.1, 0.15) is 17.2 Å². The predicted molar refractivity (Wildman–Crippen MR) is 78.7 cm³/mol. The summed E-state index contributed by atoms with van der Waals surface area (Å²) in [5.41, 5.74) is 8.11. The van der Waals surface area contributed by atoms with Crippen LogP contribution in [0.15, 0.2) is 47.2 Å². The van der Waals surface area contributed by atoms with Crippen molar-refractivity contribution in [3.8, 4) is 0 Å². The number of nitrogens with one attached hydrogen (secondary N) is 1. The summed E-state index contributed by atoms with van der Waals surface area (Å²) >= 11 is 3.34. The molecule has 0 bridgehead atoms. The van der Waals surface area contributed by atoms with Crippen LogP contribution in [0.25, 0.3) is 0 Å². The molecule has 0 spiro atoms. The van der Waals surface area contributed by atoms with Gasteiger partial charge in [-0.05, 0) is 40.0 Å². The molecule has 3 N–H and O–H groups in total. The number of hydrogen-bond acceptors (Lipinski definition) is 3. The summed E-state index contributed by atoms with van der Waals surface area (Å²) in [6.07, 6.45) is 3.33. The molecule has 1 amide bonds. The minimum atomic E-state index is -0.572. The lowest BCUT2D eigenvalue weighted by Gasteiger charge is -2.18. The van der Waals surface area contributed by atoms with Crippen LogP contribution in [0.3, 0.4) is 0 Å². The number of carbonyl (C=O) groups is 1. The van der Waals surface area contributed by atoms with Crippen LogP contribution in [0.2, 0.25) is 0 Å². The average Bonchev–Trinajstić information content (AvgIpc) is 2.37. The number of rotatable bonds is 4. The Hall–Kier alpha value is -1.88. The Bertz CT molecular complexity index is 601. The van der Waals surface area contributed by atoms with E-state index in [1.807, 2.05) is 37.3 Å². The molecular weight excluding hydrogens is 306 g/mol. The number of hydrogen-bond donors (Lipinski definition) is 2. The smallest absolute Gasteiger partial charge is 0.244 e. The van der Waals surface area contributed by atoms with Crippen molar-refractivity contribution < 1.29 is 4.79 Å². The third kappa shape index (κ3) is 3.32. The van der Waals surface area contributed by atoms with Crippen molar-refractivity contribution >= 4 is 27.5 Å². The van der Waals surface area contributed by atoms with Crippen LogP contribution in [0, 0.1) is 6.92 Å². The molecule has 1 aromatic heterocycles. The molecule has 5 heteroatoms. The van der Waals surface area contributed by atoms with Gasteiger partial charge in [0.2, 0.25) is 5.91 Å². The fourth-order valence-corrected chi connectivity index (χ4v) is 2.24. The van der Waals surface area contributed by atoms with E-state index in [1.165, 1.54) is 0 Å². The summed E-state index contributed by atoms with van der Waals surface area (Å²) in [6, 6.07) is 8.94. The van der Waals surface area contributed by atoms with E-state index in [4.69, 9.17) is 5.73 Å². The third-order valence-electron chi connectivity index (χ3n) is 2.80. The second-order valence-electron chi connectivity index (χ2n) is 4.23. The Kier molecular flexibility index (Phi) is 4.16.